The Hall–Kier alpha value is -4.76. The van der Waals surface area contributed by atoms with Gasteiger partial charge in [-0.15, -0.1) is 0 Å². The number of benzene rings is 6. The van der Waals surface area contributed by atoms with Crippen LogP contribution in [0, 0.1) is 0 Å². The van der Waals surface area contributed by atoms with Gasteiger partial charge in [0.15, 0.2) is 23.0 Å². The maximum Gasteiger partial charge on any atom is 0.404 e. The summed E-state index contributed by atoms with van der Waals surface area (Å²) in [6, 6.07) is 43.5. The molecule has 4 nitrogen and oxygen atoms in total. The number of rotatable bonds is 7. The summed E-state index contributed by atoms with van der Waals surface area (Å²) < 4.78 is 54.9. The van der Waals surface area contributed by atoms with Crippen LogP contribution >= 0.6 is 15.8 Å². The van der Waals surface area contributed by atoms with Gasteiger partial charge in [-0.25, -0.2) is 0 Å². The molecule has 0 amide bonds. The highest BCUT2D eigenvalue weighted by Crippen LogP contribution is 2.56. The lowest BCUT2D eigenvalue weighted by atomic mass is 10.0. The highest BCUT2D eigenvalue weighted by Gasteiger charge is 2.45. The lowest BCUT2D eigenvalue weighted by molar-refractivity contribution is -0.174. The molecule has 2 aliphatic rings. The largest absolute Gasteiger partial charge is 0.423 e. The van der Waals surface area contributed by atoms with Gasteiger partial charge < -0.3 is 18.9 Å². The Kier molecular flexibility index (Phi) is 7.67. The van der Waals surface area contributed by atoms with Gasteiger partial charge in [0.1, 0.15) is 0 Å². The molecular weight excluding hydrogens is 644 g/mol. The molecule has 8 heteroatoms. The van der Waals surface area contributed by atoms with Crippen LogP contribution in [0.2, 0.25) is 0 Å². The zero-order valence-electron chi connectivity index (χ0n) is 26.1. The van der Waals surface area contributed by atoms with Gasteiger partial charge in [0, 0.05) is 25.0 Å². The second kappa shape index (κ2) is 12.0. The molecule has 48 heavy (non-hydrogen) atoms. The van der Waals surface area contributed by atoms with Crippen LogP contribution in [0.15, 0.2) is 146 Å². The fourth-order valence-corrected chi connectivity index (χ4v) is 11.2. The average molecular weight is 675 g/mol. The zero-order valence-corrected chi connectivity index (χ0v) is 27.9. The molecule has 2 heterocycles. The third-order valence-electron chi connectivity index (χ3n) is 8.14. The van der Waals surface area contributed by atoms with Gasteiger partial charge >= 0.3 is 12.1 Å². The van der Waals surface area contributed by atoms with E-state index in [2.05, 4.69) is 48.5 Å². The Labute approximate surface area is 280 Å². The Balaban J connectivity index is 1.50. The average Bonchev–Trinajstić information content (AvgIpc) is 3.60. The minimum Gasteiger partial charge on any atom is -0.423 e. The van der Waals surface area contributed by atoms with Gasteiger partial charge in [-0.3, -0.25) is 0 Å². The van der Waals surface area contributed by atoms with E-state index in [0.29, 0.717) is 11.1 Å². The third-order valence-corrected chi connectivity index (χ3v) is 13.1. The summed E-state index contributed by atoms with van der Waals surface area (Å²) in [6.45, 7) is 2.48. The highest BCUT2D eigenvalue weighted by atomic mass is 31.1. The summed E-state index contributed by atoms with van der Waals surface area (Å²) in [5.74, 6) is 0.977. The lowest BCUT2D eigenvalue weighted by Gasteiger charge is -2.27. The first-order valence-electron chi connectivity index (χ1n) is 15.6. The van der Waals surface area contributed by atoms with Gasteiger partial charge in [0.2, 0.25) is 0 Å². The summed E-state index contributed by atoms with van der Waals surface area (Å²) in [4.78, 5) is 0. The van der Waals surface area contributed by atoms with Crippen LogP contribution in [0.4, 0.5) is 8.78 Å². The van der Waals surface area contributed by atoms with Gasteiger partial charge in [-0.05, 0) is 71.9 Å². The van der Waals surface area contributed by atoms with Gasteiger partial charge in [-0.2, -0.15) is 8.78 Å². The zero-order chi connectivity index (χ0) is 32.9. The summed E-state index contributed by atoms with van der Waals surface area (Å²) in [6.07, 6.45) is 0. The van der Waals surface area contributed by atoms with Crippen molar-refractivity contribution >= 4 is 47.7 Å². The molecule has 238 valence electrons. The predicted molar refractivity (Wildman–Crippen MR) is 191 cm³/mol. The van der Waals surface area contributed by atoms with Crippen molar-refractivity contribution in [1.82, 2.24) is 0 Å². The van der Waals surface area contributed by atoms with Crippen molar-refractivity contribution in [2.45, 2.75) is 25.9 Å². The van der Waals surface area contributed by atoms with Crippen molar-refractivity contribution in [2.24, 2.45) is 0 Å². The van der Waals surface area contributed by atoms with Crippen LogP contribution in [-0.4, -0.2) is 12.1 Å². The van der Waals surface area contributed by atoms with E-state index in [1.807, 2.05) is 84.9 Å². The van der Waals surface area contributed by atoms with Gasteiger partial charge in [0.25, 0.3) is 0 Å². The molecule has 0 aliphatic carbocycles. The van der Waals surface area contributed by atoms with Crippen molar-refractivity contribution < 1.29 is 27.7 Å². The maximum absolute atomic E-state index is 15.7. The highest BCUT2D eigenvalue weighted by molar-refractivity contribution is 7.80. The van der Waals surface area contributed by atoms with E-state index in [9.17, 15) is 0 Å². The van der Waals surface area contributed by atoms with Crippen LogP contribution in [0.5, 0.6) is 23.0 Å². The molecule has 0 saturated heterocycles. The van der Waals surface area contributed by atoms with E-state index in [4.69, 9.17) is 18.9 Å². The van der Waals surface area contributed by atoms with Crippen molar-refractivity contribution in [3.63, 3.8) is 0 Å². The minimum absolute atomic E-state index is 0.235. The first kappa shape index (κ1) is 30.6. The number of ether oxygens (including phenoxy) is 4. The number of hydrogen-bond acceptors (Lipinski definition) is 4. The topological polar surface area (TPSA) is 36.9 Å². The predicted octanol–water partition coefficient (Wildman–Crippen LogP) is 7.70. The van der Waals surface area contributed by atoms with Crippen molar-refractivity contribution in [3.05, 3.63) is 146 Å². The summed E-state index contributed by atoms with van der Waals surface area (Å²) in [5, 5.41) is 6.08. The molecule has 0 N–H and O–H groups in total. The SMILES string of the molecule is CC1(F)Oc2ccc(P(c3ccccc3)c3ccccc3)c(-c3c(P(c4ccccc4)c4ccccc4)ccc4c3OC(C)(F)O4)c2O1. The standard InChI is InChI=1S/C40H30F2O4P2/c1-39(41)43-31-23-25-33(47(27-15-7-3-8-16-27)28-17-9-4-10-18-28)35(37(31)45-39)36-34(26-24-32-38(36)46-40(2,42)44-32)48(29-19-11-5-12-20-29)30-21-13-6-14-22-30/h3-26H,1-2H3. The monoisotopic (exact) mass is 674 g/mol. The van der Waals surface area contributed by atoms with E-state index in [1.54, 1.807) is 12.1 Å². The molecule has 8 rings (SSSR count). The molecule has 6 aromatic rings. The summed E-state index contributed by atoms with van der Waals surface area (Å²) in [5.41, 5.74) is 1.17. The fraction of sp³-hybridized carbons (Fsp3) is 0.100. The molecule has 2 aliphatic heterocycles. The first-order valence-corrected chi connectivity index (χ1v) is 18.2. The number of hydrogen-bond donors (Lipinski definition) is 0. The number of fused-ring (bicyclic) bond motifs is 2. The van der Waals surface area contributed by atoms with E-state index in [-0.39, 0.29) is 23.0 Å². The maximum atomic E-state index is 15.7. The molecular formula is C40H30F2O4P2. The summed E-state index contributed by atoms with van der Waals surface area (Å²) >= 11 is 0. The van der Waals surface area contributed by atoms with Crippen LogP contribution in [0.1, 0.15) is 13.8 Å². The molecule has 6 aromatic carbocycles. The van der Waals surface area contributed by atoms with E-state index >= 15 is 8.78 Å². The fourth-order valence-electron chi connectivity index (χ4n) is 6.29. The quantitative estimate of drug-likeness (QED) is 0.163. The van der Waals surface area contributed by atoms with Crippen LogP contribution < -0.4 is 50.8 Å². The third kappa shape index (κ3) is 5.60. The molecule has 2 atom stereocenters. The first-order chi connectivity index (χ1) is 23.3. The van der Waals surface area contributed by atoms with Crippen LogP contribution in [0.25, 0.3) is 11.1 Å². The normalized spacial score (nSPS) is 19.2. The molecule has 0 fully saturated rings. The molecule has 0 aromatic heterocycles. The van der Waals surface area contributed by atoms with Gasteiger partial charge in [-0.1, -0.05) is 121 Å². The molecule has 2 unspecified atom stereocenters. The number of halogens is 2. The molecule has 0 radical (unpaired) electrons. The Morgan fingerprint density at radius 3 is 0.979 bits per heavy atom. The van der Waals surface area contributed by atoms with E-state index < -0.39 is 27.9 Å². The van der Waals surface area contributed by atoms with Crippen molar-refractivity contribution in [3.8, 4) is 34.1 Å². The Morgan fingerprint density at radius 2 is 0.688 bits per heavy atom. The number of alkyl halides is 2. The van der Waals surface area contributed by atoms with E-state index in [1.165, 1.54) is 13.8 Å². The summed E-state index contributed by atoms with van der Waals surface area (Å²) in [7, 11) is -2.48. The molecule has 0 spiro atoms. The van der Waals surface area contributed by atoms with Crippen LogP contribution in [0.3, 0.4) is 0 Å². The van der Waals surface area contributed by atoms with Crippen molar-refractivity contribution in [1.29, 1.82) is 0 Å². The second-order valence-electron chi connectivity index (χ2n) is 11.7. The Bertz CT molecular complexity index is 1860. The smallest absolute Gasteiger partial charge is 0.404 e. The van der Waals surface area contributed by atoms with Gasteiger partial charge in [0.05, 0.1) is 0 Å². The molecule has 0 bridgehead atoms. The Morgan fingerprint density at radius 1 is 0.396 bits per heavy atom. The molecule has 0 saturated carbocycles. The lowest BCUT2D eigenvalue weighted by Crippen LogP contribution is -2.29. The second-order valence-corrected chi connectivity index (χ2v) is 16.0. The van der Waals surface area contributed by atoms with Crippen LogP contribution in [-0.2, 0) is 0 Å². The van der Waals surface area contributed by atoms with E-state index in [0.717, 1.165) is 31.8 Å². The minimum atomic E-state index is -2.41. The van der Waals surface area contributed by atoms with Crippen molar-refractivity contribution in [2.75, 3.05) is 0 Å².